The second kappa shape index (κ2) is 3.37. The first kappa shape index (κ1) is 10.2. The first-order valence-electron chi connectivity index (χ1n) is 5.93. The Morgan fingerprint density at radius 3 is 2.64 bits per heavy atom. The van der Waals surface area contributed by atoms with Crippen molar-refractivity contribution in [1.29, 1.82) is 0 Å². The molecular weight excluding hydrogens is 170 g/mol. The number of nitrogens with one attached hydrogen (secondary N) is 1. The molecule has 0 aromatic rings. The fraction of sp³-hybridized carbons (Fsp3) is 0.846. The van der Waals surface area contributed by atoms with Crippen LogP contribution in [0.15, 0.2) is 12.7 Å². The molecule has 1 nitrogen and oxygen atoms in total. The van der Waals surface area contributed by atoms with Crippen LogP contribution in [0.1, 0.15) is 33.6 Å². The Hall–Kier alpha value is -0.300. The van der Waals surface area contributed by atoms with Crippen LogP contribution in [0.2, 0.25) is 0 Å². The molecule has 2 fully saturated rings. The van der Waals surface area contributed by atoms with Crippen LogP contribution >= 0.6 is 0 Å². The van der Waals surface area contributed by atoms with Gasteiger partial charge in [0, 0.05) is 12.6 Å². The van der Waals surface area contributed by atoms with Crippen LogP contribution in [0.4, 0.5) is 0 Å². The molecule has 0 aromatic carbocycles. The highest BCUT2D eigenvalue weighted by molar-refractivity contribution is 5.08. The van der Waals surface area contributed by atoms with Gasteiger partial charge in [0.1, 0.15) is 0 Å². The fourth-order valence-corrected chi connectivity index (χ4v) is 3.83. The van der Waals surface area contributed by atoms with Crippen molar-refractivity contribution >= 4 is 0 Å². The SMILES string of the molecule is C=CCNC1C2CCC1C(C)(C)C2C. The number of rotatable bonds is 3. The van der Waals surface area contributed by atoms with E-state index >= 15 is 0 Å². The predicted molar refractivity (Wildman–Crippen MR) is 61.1 cm³/mol. The van der Waals surface area contributed by atoms with Crippen molar-refractivity contribution in [2.75, 3.05) is 6.54 Å². The lowest BCUT2D eigenvalue weighted by molar-refractivity contribution is 0.136. The molecule has 1 heteroatoms. The monoisotopic (exact) mass is 193 g/mol. The summed E-state index contributed by atoms with van der Waals surface area (Å²) in [5.41, 5.74) is 0.543. The van der Waals surface area contributed by atoms with E-state index in [0.29, 0.717) is 5.41 Å². The number of hydrogen-bond donors (Lipinski definition) is 1. The third kappa shape index (κ3) is 1.25. The molecule has 2 bridgehead atoms. The number of hydrogen-bond acceptors (Lipinski definition) is 1. The van der Waals surface area contributed by atoms with Gasteiger partial charge in [-0.1, -0.05) is 26.8 Å². The van der Waals surface area contributed by atoms with Crippen molar-refractivity contribution in [1.82, 2.24) is 5.32 Å². The van der Waals surface area contributed by atoms with Gasteiger partial charge in [0.25, 0.3) is 0 Å². The summed E-state index contributed by atoms with van der Waals surface area (Å²) >= 11 is 0. The van der Waals surface area contributed by atoms with Crippen molar-refractivity contribution in [3.05, 3.63) is 12.7 Å². The standard InChI is InChI=1S/C13H23N/c1-5-8-14-12-10-6-7-11(12)13(3,4)9(10)2/h5,9-12,14H,1,6-8H2,2-4H3. The van der Waals surface area contributed by atoms with Crippen molar-refractivity contribution in [3.8, 4) is 0 Å². The first-order chi connectivity index (χ1) is 6.59. The highest BCUT2D eigenvalue weighted by Crippen LogP contribution is 2.58. The summed E-state index contributed by atoms with van der Waals surface area (Å²) in [6.07, 6.45) is 4.84. The molecule has 14 heavy (non-hydrogen) atoms. The van der Waals surface area contributed by atoms with Crippen LogP contribution in [0.3, 0.4) is 0 Å². The Morgan fingerprint density at radius 2 is 2.14 bits per heavy atom. The first-order valence-corrected chi connectivity index (χ1v) is 5.93. The van der Waals surface area contributed by atoms with Gasteiger partial charge in [0.2, 0.25) is 0 Å². The van der Waals surface area contributed by atoms with E-state index in [2.05, 4.69) is 32.7 Å². The maximum Gasteiger partial charge on any atom is 0.0135 e. The van der Waals surface area contributed by atoms with E-state index in [1.54, 1.807) is 0 Å². The molecule has 1 N–H and O–H groups in total. The Balaban J connectivity index is 2.11. The summed E-state index contributed by atoms with van der Waals surface area (Å²) in [5.74, 6) is 2.68. The Labute approximate surface area is 88.0 Å². The zero-order valence-electron chi connectivity index (χ0n) is 9.72. The van der Waals surface area contributed by atoms with Gasteiger partial charge in [-0.3, -0.25) is 0 Å². The second-order valence-corrected chi connectivity index (χ2v) is 5.68. The third-order valence-corrected chi connectivity index (χ3v) is 4.98. The van der Waals surface area contributed by atoms with Crippen LogP contribution in [-0.2, 0) is 0 Å². The highest BCUT2D eigenvalue weighted by Gasteiger charge is 2.56. The van der Waals surface area contributed by atoms with Gasteiger partial charge in [-0.15, -0.1) is 6.58 Å². The fourth-order valence-electron chi connectivity index (χ4n) is 3.83. The molecule has 4 unspecified atom stereocenters. The summed E-state index contributed by atoms with van der Waals surface area (Å²) < 4.78 is 0. The summed E-state index contributed by atoms with van der Waals surface area (Å²) in [4.78, 5) is 0. The van der Waals surface area contributed by atoms with Gasteiger partial charge >= 0.3 is 0 Å². The largest absolute Gasteiger partial charge is 0.310 e. The minimum atomic E-state index is 0.543. The van der Waals surface area contributed by atoms with E-state index in [9.17, 15) is 0 Å². The lowest BCUT2D eigenvalue weighted by Crippen LogP contribution is -2.35. The van der Waals surface area contributed by atoms with E-state index in [1.807, 2.05) is 6.08 Å². The minimum absolute atomic E-state index is 0.543. The quantitative estimate of drug-likeness (QED) is 0.680. The molecule has 2 saturated carbocycles. The van der Waals surface area contributed by atoms with Gasteiger partial charge in [-0.05, 0) is 36.0 Å². The Bertz CT molecular complexity index is 231. The minimum Gasteiger partial charge on any atom is -0.310 e. The molecule has 4 atom stereocenters. The zero-order valence-corrected chi connectivity index (χ0v) is 9.72. The predicted octanol–water partition coefficient (Wildman–Crippen LogP) is 2.83. The van der Waals surface area contributed by atoms with E-state index in [0.717, 1.165) is 30.3 Å². The van der Waals surface area contributed by atoms with E-state index in [4.69, 9.17) is 0 Å². The van der Waals surface area contributed by atoms with E-state index < -0.39 is 0 Å². The molecule has 2 aliphatic rings. The second-order valence-electron chi connectivity index (χ2n) is 5.68. The third-order valence-electron chi connectivity index (χ3n) is 4.98. The average molecular weight is 193 g/mol. The normalized spacial score (nSPS) is 44.2. The van der Waals surface area contributed by atoms with Crippen LogP contribution in [-0.4, -0.2) is 12.6 Å². The zero-order chi connectivity index (χ0) is 10.3. The van der Waals surface area contributed by atoms with Crippen LogP contribution in [0, 0.1) is 23.2 Å². The molecule has 0 aromatic heterocycles. The molecule has 0 radical (unpaired) electrons. The summed E-state index contributed by atoms with van der Waals surface area (Å²) in [5, 5.41) is 3.66. The van der Waals surface area contributed by atoms with E-state index in [-0.39, 0.29) is 0 Å². The maximum atomic E-state index is 3.79. The lowest BCUT2D eigenvalue weighted by atomic mass is 9.70. The van der Waals surface area contributed by atoms with Crippen LogP contribution in [0.25, 0.3) is 0 Å². The molecule has 0 heterocycles. The highest BCUT2D eigenvalue weighted by atomic mass is 15.0. The summed E-state index contributed by atoms with van der Waals surface area (Å²) in [6, 6.07) is 0.762. The molecule has 80 valence electrons. The lowest BCUT2D eigenvalue weighted by Gasteiger charge is -2.35. The van der Waals surface area contributed by atoms with Crippen molar-refractivity contribution in [2.24, 2.45) is 23.2 Å². The van der Waals surface area contributed by atoms with Crippen molar-refractivity contribution in [3.63, 3.8) is 0 Å². The number of fused-ring (bicyclic) bond motifs is 2. The van der Waals surface area contributed by atoms with E-state index in [1.165, 1.54) is 12.8 Å². The molecule has 0 aliphatic heterocycles. The van der Waals surface area contributed by atoms with Gasteiger partial charge in [-0.2, -0.15) is 0 Å². The topological polar surface area (TPSA) is 12.0 Å². The van der Waals surface area contributed by atoms with Gasteiger partial charge in [0.05, 0.1) is 0 Å². The van der Waals surface area contributed by atoms with Crippen molar-refractivity contribution in [2.45, 2.75) is 39.7 Å². The maximum absolute atomic E-state index is 3.79. The molecule has 2 rings (SSSR count). The van der Waals surface area contributed by atoms with Crippen molar-refractivity contribution < 1.29 is 0 Å². The van der Waals surface area contributed by atoms with Gasteiger partial charge < -0.3 is 5.32 Å². The average Bonchev–Trinajstić information content (AvgIpc) is 2.62. The van der Waals surface area contributed by atoms with Crippen LogP contribution < -0.4 is 5.32 Å². The van der Waals surface area contributed by atoms with Gasteiger partial charge in [0.15, 0.2) is 0 Å². The molecular formula is C13H23N. The van der Waals surface area contributed by atoms with Crippen LogP contribution in [0.5, 0.6) is 0 Å². The Morgan fingerprint density at radius 1 is 1.43 bits per heavy atom. The molecule has 0 spiro atoms. The Kier molecular flexibility index (Phi) is 2.46. The summed E-state index contributed by atoms with van der Waals surface area (Å²) in [6.45, 7) is 12.1. The smallest absolute Gasteiger partial charge is 0.0135 e. The van der Waals surface area contributed by atoms with Gasteiger partial charge in [-0.25, -0.2) is 0 Å². The molecule has 0 amide bonds. The molecule has 0 saturated heterocycles. The summed E-state index contributed by atoms with van der Waals surface area (Å²) in [7, 11) is 0. The molecule has 2 aliphatic carbocycles.